The van der Waals surface area contributed by atoms with Crippen molar-refractivity contribution >= 4 is 17.8 Å². The van der Waals surface area contributed by atoms with Gasteiger partial charge in [0.05, 0.1) is 7.11 Å². The maximum atomic E-state index is 11.6. The zero-order chi connectivity index (χ0) is 16.5. The Kier molecular flexibility index (Phi) is 6.38. The molecular weight excluding hydrogens is 284 g/mol. The Morgan fingerprint density at radius 1 is 1.41 bits per heavy atom. The predicted molar refractivity (Wildman–Crippen MR) is 80.5 cm³/mol. The average molecular weight is 300 g/mol. The molecule has 0 spiro atoms. The number of allylic oxidation sites excluding steroid dienone is 1. The van der Waals surface area contributed by atoms with Gasteiger partial charge < -0.3 is 15.2 Å². The minimum absolute atomic E-state index is 0.0930. The molecule has 0 aliphatic heterocycles. The standard InChI is InChI=1S/C16H16N2O4/c1-11(18)14(9-17)15(19)10-22-16(20)7-6-12-4-3-5-13(8-12)21-2/h3-8H,10,18H2,1-2H3/b7-6+,14-11-. The lowest BCUT2D eigenvalue weighted by molar-refractivity contribution is -0.141. The summed E-state index contributed by atoms with van der Waals surface area (Å²) < 4.78 is 9.83. The summed E-state index contributed by atoms with van der Waals surface area (Å²) in [5, 5.41) is 8.76. The molecular formula is C16H16N2O4. The minimum Gasteiger partial charge on any atom is -0.497 e. The molecule has 1 aromatic rings. The topological polar surface area (TPSA) is 102 Å². The van der Waals surface area contributed by atoms with Crippen molar-refractivity contribution in [3.05, 3.63) is 47.2 Å². The van der Waals surface area contributed by atoms with Gasteiger partial charge in [0, 0.05) is 11.8 Å². The number of rotatable bonds is 6. The normalized spacial score (nSPS) is 11.5. The zero-order valence-electron chi connectivity index (χ0n) is 12.3. The third kappa shape index (κ3) is 5.13. The van der Waals surface area contributed by atoms with Gasteiger partial charge in [0.2, 0.25) is 5.78 Å². The lowest BCUT2D eigenvalue weighted by Gasteiger charge is -2.02. The number of nitrogens with zero attached hydrogens (tertiary/aromatic N) is 1. The Labute approximate surface area is 128 Å². The van der Waals surface area contributed by atoms with Crippen LogP contribution in [-0.2, 0) is 14.3 Å². The van der Waals surface area contributed by atoms with Crippen LogP contribution >= 0.6 is 0 Å². The van der Waals surface area contributed by atoms with Gasteiger partial charge in [-0.05, 0) is 30.7 Å². The zero-order valence-corrected chi connectivity index (χ0v) is 12.3. The fraction of sp³-hybridized carbons (Fsp3) is 0.188. The van der Waals surface area contributed by atoms with E-state index in [4.69, 9.17) is 20.5 Å². The monoisotopic (exact) mass is 300 g/mol. The van der Waals surface area contributed by atoms with Crippen molar-refractivity contribution in [3.63, 3.8) is 0 Å². The first-order valence-electron chi connectivity index (χ1n) is 6.36. The van der Waals surface area contributed by atoms with Crippen LogP contribution in [0.5, 0.6) is 5.75 Å². The molecule has 0 atom stereocenters. The van der Waals surface area contributed by atoms with Crippen LogP contribution in [-0.4, -0.2) is 25.5 Å². The molecule has 0 saturated heterocycles. The lowest BCUT2D eigenvalue weighted by Crippen LogP contribution is -2.16. The largest absolute Gasteiger partial charge is 0.497 e. The Balaban J connectivity index is 2.60. The molecule has 6 nitrogen and oxygen atoms in total. The van der Waals surface area contributed by atoms with Crippen LogP contribution in [0.1, 0.15) is 12.5 Å². The van der Waals surface area contributed by atoms with Gasteiger partial charge in [0.1, 0.15) is 17.4 Å². The second-order valence-corrected chi connectivity index (χ2v) is 4.31. The first-order valence-corrected chi connectivity index (χ1v) is 6.36. The van der Waals surface area contributed by atoms with Crippen molar-refractivity contribution in [2.75, 3.05) is 13.7 Å². The first kappa shape index (κ1) is 17.0. The van der Waals surface area contributed by atoms with E-state index in [2.05, 4.69) is 0 Å². The Hall–Kier alpha value is -3.07. The highest BCUT2D eigenvalue weighted by Crippen LogP contribution is 2.13. The van der Waals surface area contributed by atoms with E-state index >= 15 is 0 Å². The number of Topliss-reactive ketones (excluding diaryl/α,β-unsaturated/α-hetero) is 1. The van der Waals surface area contributed by atoms with Gasteiger partial charge in [0.15, 0.2) is 6.61 Å². The summed E-state index contributed by atoms with van der Waals surface area (Å²) in [5.41, 5.74) is 6.02. The summed E-state index contributed by atoms with van der Waals surface area (Å²) >= 11 is 0. The fourth-order valence-electron chi connectivity index (χ4n) is 1.54. The average Bonchev–Trinajstić information content (AvgIpc) is 2.51. The number of hydrogen-bond donors (Lipinski definition) is 1. The highest BCUT2D eigenvalue weighted by molar-refractivity contribution is 6.01. The van der Waals surface area contributed by atoms with E-state index < -0.39 is 18.4 Å². The van der Waals surface area contributed by atoms with Crippen molar-refractivity contribution in [3.8, 4) is 11.8 Å². The van der Waals surface area contributed by atoms with E-state index in [-0.39, 0.29) is 11.3 Å². The predicted octanol–water partition coefficient (Wildman–Crippen LogP) is 1.58. The summed E-state index contributed by atoms with van der Waals surface area (Å²) in [6, 6.07) is 8.76. The van der Waals surface area contributed by atoms with Crippen molar-refractivity contribution in [2.24, 2.45) is 5.73 Å². The van der Waals surface area contributed by atoms with Crippen molar-refractivity contribution in [2.45, 2.75) is 6.92 Å². The summed E-state index contributed by atoms with van der Waals surface area (Å²) in [6.07, 6.45) is 2.72. The summed E-state index contributed by atoms with van der Waals surface area (Å²) in [5.74, 6) is -0.665. The summed E-state index contributed by atoms with van der Waals surface area (Å²) in [7, 11) is 1.54. The molecule has 0 aromatic heterocycles. The number of esters is 1. The Bertz CT molecular complexity index is 665. The fourth-order valence-corrected chi connectivity index (χ4v) is 1.54. The van der Waals surface area contributed by atoms with Gasteiger partial charge in [-0.15, -0.1) is 0 Å². The SMILES string of the molecule is COc1cccc(/C=C/C(=O)OCC(=O)/C(C#N)=C(/C)N)c1. The smallest absolute Gasteiger partial charge is 0.331 e. The van der Waals surface area contributed by atoms with Crippen LogP contribution < -0.4 is 10.5 Å². The highest BCUT2D eigenvalue weighted by atomic mass is 16.5. The van der Waals surface area contributed by atoms with Crippen LogP contribution in [0.2, 0.25) is 0 Å². The molecule has 0 bridgehead atoms. The molecule has 0 unspecified atom stereocenters. The van der Waals surface area contributed by atoms with E-state index in [0.717, 1.165) is 5.56 Å². The van der Waals surface area contributed by atoms with E-state index in [1.54, 1.807) is 37.4 Å². The Morgan fingerprint density at radius 2 is 2.14 bits per heavy atom. The molecule has 22 heavy (non-hydrogen) atoms. The van der Waals surface area contributed by atoms with Gasteiger partial charge in [-0.25, -0.2) is 4.79 Å². The number of methoxy groups -OCH3 is 1. The number of carbonyl (C=O) groups excluding carboxylic acids is 2. The molecule has 114 valence electrons. The van der Waals surface area contributed by atoms with Crippen LogP contribution in [0.3, 0.4) is 0 Å². The number of carbonyl (C=O) groups is 2. The maximum Gasteiger partial charge on any atom is 0.331 e. The van der Waals surface area contributed by atoms with Gasteiger partial charge in [0.25, 0.3) is 0 Å². The van der Waals surface area contributed by atoms with Crippen molar-refractivity contribution in [1.82, 2.24) is 0 Å². The lowest BCUT2D eigenvalue weighted by atomic mass is 10.1. The molecule has 0 aliphatic carbocycles. The number of ketones is 1. The van der Waals surface area contributed by atoms with Gasteiger partial charge >= 0.3 is 5.97 Å². The molecule has 0 radical (unpaired) electrons. The third-order valence-corrected chi connectivity index (χ3v) is 2.64. The van der Waals surface area contributed by atoms with Crippen LogP contribution in [0.4, 0.5) is 0 Å². The molecule has 0 fully saturated rings. The molecule has 0 amide bonds. The van der Waals surface area contributed by atoms with Crippen LogP contribution in [0.15, 0.2) is 41.6 Å². The minimum atomic E-state index is -0.692. The third-order valence-electron chi connectivity index (χ3n) is 2.64. The summed E-state index contributed by atoms with van der Waals surface area (Å²) in [6.45, 7) is 0.902. The molecule has 0 heterocycles. The number of ether oxygens (including phenoxy) is 2. The van der Waals surface area contributed by atoms with E-state index in [1.165, 1.54) is 19.1 Å². The number of hydrogen-bond acceptors (Lipinski definition) is 6. The molecule has 0 aliphatic rings. The van der Waals surface area contributed by atoms with Crippen LogP contribution in [0, 0.1) is 11.3 Å². The molecule has 2 N–H and O–H groups in total. The van der Waals surface area contributed by atoms with Gasteiger partial charge in [-0.1, -0.05) is 12.1 Å². The Morgan fingerprint density at radius 3 is 2.73 bits per heavy atom. The molecule has 6 heteroatoms. The number of nitriles is 1. The van der Waals surface area contributed by atoms with Crippen LogP contribution in [0.25, 0.3) is 6.08 Å². The van der Waals surface area contributed by atoms with Gasteiger partial charge in [-0.2, -0.15) is 5.26 Å². The first-order chi connectivity index (χ1) is 10.5. The van der Waals surface area contributed by atoms with Crippen molar-refractivity contribution in [1.29, 1.82) is 5.26 Å². The second kappa shape index (κ2) is 8.27. The highest BCUT2D eigenvalue weighted by Gasteiger charge is 2.13. The summed E-state index contributed by atoms with van der Waals surface area (Å²) in [4.78, 5) is 23.1. The molecule has 1 rings (SSSR count). The van der Waals surface area contributed by atoms with E-state index in [0.29, 0.717) is 5.75 Å². The molecule has 0 saturated carbocycles. The van der Waals surface area contributed by atoms with Crippen molar-refractivity contribution < 1.29 is 19.1 Å². The van der Waals surface area contributed by atoms with E-state index in [9.17, 15) is 9.59 Å². The number of nitrogens with two attached hydrogens (primary N) is 1. The second-order valence-electron chi connectivity index (χ2n) is 4.31. The van der Waals surface area contributed by atoms with Gasteiger partial charge in [-0.3, -0.25) is 4.79 Å². The van der Waals surface area contributed by atoms with E-state index in [1.807, 2.05) is 0 Å². The number of benzene rings is 1. The quantitative estimate of drug-likeness (QED) is 0.486. The molecule has 1 aromatic carbocycles. The maximum absolute atomic E-state index is 11.6.